The molecule has 0 radical (unpaired) electrons. The number of carbonyl (C=O) groups is 1. The number of hydrogen-bond donors (Lipinski definition) is 1. The lowest BCUT2D eigenvalue weighted by molar-refractivity contribution is 0.154. The third-order valence-corrected chi connectivity index (χ3v) is 2.84. The average Bonchev–Trinajstić information content (AvgIpc) is 2.18. The van der Waals surface area contributed by atoms with Crippen LogP contribution >= 0.6 is 7.60 Å². The van der Waals surface area contributed by atoms with Gasteiger partial charge in [-0.2, -0.15) is 0 Å². The second-order valence-corrected chi connectivity index (χ2v) is 4.84. The predicted molar refractivity (Wildman–Crippen MR) is 56.9 cm³/mol. The molecular formula is C9H19O5P. The molecule has 90 valence electrons. The first-order valence-electron chi connectivity index (χ1n) is 5.19. The van der Waals surface area contributed by atoms with Gasteiger partial charge >= 0.3 is 13.3 Å². The van der Waals surface area contributed by atoms with Gasteiger partial charge in [-0.1, -0.05) is 26.7 Å². The van der Waals surface area contributed by atoms with Crippen molar-refractivity contribution in [2.24, 2.45) is 0 Å². The Labute approximate surface area is 90.3 Å². The summed E-state index contributed by atoms with van der Waals surface area (Å²) in [4.78, 5) is 20.2. The maximum absolute atomic E-state index is 11.2. The van der Waals surface area contributed by atoms with E-state index < -0.39 is 13.3 Å². The van der Waals surface area contributed by atoms with Gasteiger partial charge in [0.1, 0.15) is 0 Å². The fourth-order valence-corrected chi connectivity index (χ4v) is 1.51. The Kier molecular flexibility index (Phi) is 7.65. The largest absolute Gasteiger partial charge is 0.457 e. The Bertz CT molecular complexity index is 229. The van der Waals surface area contributed by atoms with Crippen molar-refractivity contribution in [3.05, 3.63) is 0 Å². The lowest BCUT2D eigenvalue weighted by atomic mass is 10.4. The van der Waals surface area contributed by atoms with Crippen molar-refractivity contribution in [3.63, 3.8) is 0 Å². The summed E-state index contributed by atoms with van der Waals surface area (Å²) in [6.45, 7) is 4.12. The molecule has 0 aromatic rings. The van der Waals surface area contributed by atoms with Crippen molar-refractivity contribution in [3.8, 4) is 0 Å². The van der Waals surface area contributed by atoms with Crippen LogP contribution in [0.2, 0.25) is 0 Å². The smallest absolute Gasteiger partial charge is 0.435 e. The van der Waals surface area contributed by atoms with Crippen molar-refractivity contribution in [1.82, 2.24) is 0 Å². The zero-order valence-corrected chi connectivity index (χ0v) is 10.2. The molecule has 0 aliphatic carbocycles. The molecule has 0 aromatic carbocycles. The van der Waals surface area contributed by atoms with Crippen molar-refractivity contribution < 1.29 is 23.5 Å². The molecule has 15 heavy (non-hydrogen) atoms. The summed E-state index contributed by atoms with van der Waals surface area (Å²) in [7, 11) is -4.21. The van der Waals surface area contributed by atoms with E-state index in [1.54, 1.807) is 0 Å². The molecule has 0 bridgehead atoms. The molecule has 0 aliphatic heterocycles. The van der Waals surface area contributed by atoms with Crippen LogP contribution in [0, 0.1) is 0 Å². The van der Waals surface area contributed by atoms with Gasteiger partial charge in [-0.3, -0.25) is 0 Å². The zero-order valence-electron chi connectivity index (χ0n) is 9.27. The standard InChI is InChI=1S/C9H19O5P/c1-3-5-7-13-9(10)15(11,12)14-8-6-4-2/h3-8H2,1-2H3,(H,11,12). The minimum absolute atomic E-state index is 0.104. The highest BCUT2D eigenvalue weighted by Crippen LogP contribution is 2.44. The van der Waals surface area contributed by atoms with Crippen molar-refractivity contribution >= 4 is 13.3 Å². The average molecular weight is 238 g/mol. The fraction of sp³-hybridized carbons (Fsp3) is 0.889. The van der Waals surface area contributed by atoms with E-state index in [9.17, 15) is 9.36 Å². The first-order chi connectivity index (χ1) is 7.04. The zero-order chi connectivity index (χ0) is 11.7. The molecule has 0 fully saturated rings. The van der Waals surface area contributed by atoms with E-state index in [1.165, 1.54) is 0 Å². The van der Waals surface area contributed by atoms with Crippen molar-refractivity contribution in [2.75, 3.05) is 13.2 Å². The molecule has 6 heteroatoms. The second-order valence-electron chi connectivity index (χ2n) is 3.18. The van der Waals surface area contributed by atoms with E-state index in [4.69, 9.17) is 4.89 Å². The summed E-state index contributed by atoms with van der Waals surface area (Å²) in [6, 6.07) is 0. The minimum Gasteiger partial charge on any atom is -0.457 e. The van der Waals surface area contributed by atoms with Crippen LogP contribution in [-0.2, 0) is 13.8 Å². The number of unbranched alkanes of at least 4 members (excludes halogenated alkanes) is 2. The molecule has 1 N–H and O–H groups in total. The van der Waals surface area contributed by atoms with Gasteiger partial charge in [-0.25, -0.2) is 9.36 Å². The molecule has 0 amide bonds. The molecule has 5 nitrogen and oxygen atoms in total. The van der Waals surface area contributed by atoms with Gasteiger partial charge in [0.05, 0.1) is 13.2 Å². The van der Waals surface area contributed by atoms with Crippen LogP contribution in [0.25, 0.3) is 0 Å². The maximum Gasteiger partial charge on any atom is 0.435 e. The van der Waals surface area contributed by atoms with E-state index in [-0.39, 0.29) is 13.2 Å². The molecule has 0 heterocycles. The minimum atomic E-state index is -4.21. The Balaban J connectivity index is 3.86. The fourth-order valence-electron chi connectivity index (χ4n) is 0.771. The van der Waals surface area contributed by atoms with E-state index >= 15 is 0 Å². The van der Waals surface area contributed by atoms with E-state index in [0.29, 0.717) is 12.8 Å². The third kappa shape index (κ3) is 6.66. The topological polar surface area (TPSA) is 72.8 Å². The summed E-state index contributed by atoms with van der Waals surface area (Å²) >= 11 is 0. The number of hydrogen-bond acceptors (Lipinski definition) is 4. The van der Waals surface area contributed by atoms with Gasteiger partial charge < -0.3 is 14.2 Å². The monoisotopic (exact) mass is 238 g/mol. The van der Waals surface area contributed by atoms with Gasteiger partial charge in [0.25, 0.3) is 0 Å². The van der Waals surface area contributed by atoms with Crippen LogP contribution in [-0.4, -0.2) is 23.8 Å². The van der Waals surface area contributed by atoms with Gasteiger partial charge in [0.2, 0.25) is 0 Å². The molecule has 0 aliphatic rings. The predicted octanol–water partition coefficient (Wildman–Crippen LogP) is 2.93. The second kappa shape index (κ2) is 7.85. The molecule has 0 saturated heterocycles. The first-order valence-corrected chi connectivity index (χ1v) is 6.77. The first kappa shape index (κ1) is 14.6. The van der Waals surface area contributed by atoms with Crippen LogP contribution in [0.5, 0.6) is 0 Å². The molecule has 1 atom stereocenters. The van der Waals surface area contributed by atoms with Gasteiger partial charge in [0, 0.05) is 0 Å². The summed E-state index contributed by atoms with van der Waals surface area (Å²) in [5.74, 6) is 0. The van der Waals surface area contributed by atoms with Crippen molar-refractivity contribution in [2.45, 2.75) is 39.5 Å². The summed E-state index contributed by atoms with van der Waals surface area (Å²) in [5.41, 5.74) is -1.15. The number of carbonyl (C=O) groups excluding carboxylic acids is 1. The normalized spacial score (nSPS) is 14.6. The molecular weight excluding hydrogens is 219 g/mol. The highest BCUT2D eigenvalue weighted by molar-refractivity contribution is 7.70. The van der Waals surface area contributed by atoms with Gasteiger partial charge in [-0.05, 0) is 12.8 Å². The van der Waals surface area contributed by atoms with Crippen LogP contribution in [0.1, 0.15) is 39.5 Å². The van der Waals surface area contributed by atoms with E-state index in [1.807, 2.05) is 13.8 Å². The SMILES string of the molecule is CCCCOC(=O)P(=O)(O)OCCCC. The Morgan fingerprint density at radius 1 is 1.20 bits per heavy atom. The summed E-state index contributed by atoms with van der Waals surface area (Å²) < 4.78 is 20.4. The molecule has 0 saturated carbocycles. The van der Waals surface area contributed by atoms with E-state index in [2.05, 4.69) is 9.26 Å². The van der Waals surface area contributed by atoms with Gasteiger partial charge in [0.15, 0.2) is 0 Å². The van der Waals surface area contributed by atoms with Crippen LogP contribution < -0.4 is 0 Å². The number of rotatable bonds is 8. The van der Waals surface area contributed by atoms with Crippen LogP contribution in [0.4, 0.5) is 4.79 Å². The quantitative estimate of drug-likeness (QED) is 0.520. The number of ether oxygens (including phenoxy) is 1. The summed E-state index contributed by atoms with van der Waals surface area (Å²) in [5, 5.41) is 0. The summed E-state index contributed by atoms with van der Waals surface area (Å²) in [6.07, 6.45) is 3.03. The highest BCUT2D eigenvalue weighted by Gasteiger charge is 2.32. The third-order valence-electron chi connectivity index (χ3n) is 1.72. The Morgan fingerprint density at radius 2 is 1.73 bits per heavy atom. The molecule has 0 aromatic heterocycles. The van der Waals surface area contributed by atoms with E-state index in [0.717, 1.165) is 12.8 Å². The molecule has 0 spiro atoms. The van der Waals surface area contributed by atoms with Crippen molar-refractivity contribution in [1.29, 1.82) is 0 Å². The Morgan fingerprint density at radius 3 is 2.27 bits per heavy atom. The Hall–Kier alpha value is -0.380. The van der Waals surface area contributed by atoms with Crippen LogP contribution in [0.15, 0.2) is 0 Å². The van der Waals surface area contributed by atoms with Crippen LogP contribution in [0.3, 0.4) is 0 Å². The lowest BCUT2D eigenvalue weighted by Gasteiger charge is -2.10. The van der Waals surface area contributed by atoms with Gasteiger partial charge in [-0.15, -0.1) is 0 Å². The highest BCUT2D eigenvalue weighted by atomic mass is 31.2. The molecule has 0 rings (SSSR count). The maximum atomic E-state index is 11.2. The lowest BCUT2D eigenvalue weighted by Crippen LogP contribution is -2.07. The molecule has 1 unspecified atom stereocenters.